The van der Waals surface area contributed by atoms with Gasteiger partial charge in [-0.25, -0.2) is 0 Å². The van der Waals surface area contributed by atoms with Crippen molar-refractivity contribution >= 4 is 0 Å². The highest BCUT2D eigenvalue weighted by atomic mass is 15.1. The molecule has 0 aromatic carbocycles. The number of hydrogen-bond acceptors (Lipinski definition) is 3. The van der Waals surface area contributed by atoms with Crippen LogP contribution in [0.1, 0.15) is 31.4 Å². The van der Waals surface area contributed by atoms with Crippen molar-refractivity contribution in [3.8, 4) is 6.07 Å². The molecule has 2 unspecified atom stereocenters. The minimum atomic E-state index is 0.215. The third kappa shape index (κ3) is 3.30. The number of pyridine rings is 1. The van der Waals surface area contributed by atoms with Crippen LogP contribution in [0.25, 0.3) is 0 Å². The quantitative estimate of drug-likeness (QED) is 0.816. The molecule has 18 heavy (non-hydrogen) atoms. The van der Waals surface area contributed by atoms with E-state index in [-0.39, 0.29) is 5.92 Å². The number of likely N-dealkylation sites (N-methyl/N-ethyl adjacent to an activating group) is 1. The summed E-state index contributed by atoms with van der Waals surface area (Å²) in [5.41, 5.74) is 1.13. The molecule has 3 nitrogen and oxygen atoms in total. The molecule has 96 valence electrons. The van der Waals surface area contributed by atoms with Gasteiger partial charge in [0.15, 0.2) is 0 Å². The maximum absolute atomic E-state index is 9.21. The van der Waals surface area contributed by atoms with Crippen LogP contribution in [-0.2, 0) is 6.42 Å². The molecule has 1 aromatic rings. The fraction of sp³-hybridized carbons (Fsp3) is 0.600. The molecule has 1 saturated carbocycles. The lowest BCUT2D eigenvalue weighted by Gasteiger charge is -2.34. The molecule has 1 aliphatic carbocycles. The summed E-state index contributed by atoms with van der Waals surface area (Å²) in [6.07, 6.45) is 7.51. The minimum absolute atomic E-state index is 0.215. The average molecular weight is 243 g/mol. The van der Waals surface area contributed by atoms with Crippen LogP contribution in [0.15, 0.2) is 24.4 Å². The van der Waals surface area contributed by atoms with Crippen molar-refractivity contribution in [1.82, 2.24) is 9.88 Å². The molecular formula is C15H21N3. The standard InChI is InChI=1S/C15H21N3/c1-18(11-9-14-7-4-5-10-17-14)15-8-3-2-6-13(15)12-16/h4-5,7,10,13,15H,2-3,6,8-9,11H2,1H3. The predicted molar refractivity (Wildman–Crippen MR) is 71.9 cm³/mol. The highest BCUT2D eigenvalue weighted by Gasteiger charge is 2.27. The summed E-state index contributed by atoms with van der Waals surface area (Å²) < 4.78 is 0. The zero-order valence-corrected chi connectivity index (χ0v) is 11.0. The Hall–Kier alpha value is -1.40. The lowest BCUT2D eigenvalue weighted by molar-refractivity contribution is 0.158. The van der Waals surface area contributed by atoms with Gasteiger partial charge in [-0.15, -0.1) is 0 Å². The van der Waals surface area contributed by atoms with Crippen molar-refractivity contribution in [3.05, 3.63) is 30.1 Å². The summed E-state index contributed by atoms with van der Waals surface area (Å²) in [6, 6.07) is 8.95. The number of rotatable bonds is 4. The molecule has 1 aromatic heterocycles. The molecule has 2 atom stereocenters. The van der Waals surface area contributed by atoms with Gasteiger partial charge in [-0.2, -0.15) is 5.26 Å². The van der Waals surface area contributed by atoms with E-state index in [1.807, 2.05) is 18.3 Å². The molecule has 1 heterocycles. The van der Waals surface area contributed by atoms with E-state index in [9.17, 15) is 5.26 Å². The first-order chi connectivity index (χ1) is 8.81. The summed E-state index contributed by atoms with van der Waals surface area (Å²) in [7, 11) is 2.14. The summed E-state index contributed by atoms with van der Waals surface area (Å²) in [4.78, 5) is 6.69. The minimum Gasteiger partial charge on any atom is -0.302 e. The van der Waals surface area contributed by atoms with E-state index >= 15 is 0 Å². The highest BCUT2D eigenvalue weighted by molar-refractivity contribution is 5.04. The SMILES string of the molecule is CN(CCc1ccccn1)C1CCCCC1C#N. The van der Waals surface area contributed by atoms with Gasteiger partial charge in [0.1, 0.15) is 0 Å². The van der Waals surface area contributed by atoms with Crippen molar-refractivity contribution in [2.75, 3.05) is 13.6 Å². The number of nitrogens with zero attached hydrogens (tertiary/aromatic N) is 3. The number of hydrogen-bond donors (Lipinski definition) is 0. The van der Waals surface area contributed by atoms with Gasteiger partial charge in [0.05, 0.1) is 12.0 Å². The zero-order chi connectivity index (χ0) is 12.8. The van der Waals surface area contributed by atoms with Crippen molar-refractivity contribution in [3.63, 3.8) is 0 Å². The van der Waals surface area contributed by atoms with E-state index in [0.717, 1.165) is 31.5 Å². The van der Waals surface area contributed by atoms with E-state index in [1.54, 1.807) is 0 Å². The molecule has 2 rings (SSSR count). The van der Waals surface area contributed by atoms with Crippen LogP contribution in [0.3, 0.4) is 0 Å². The maximum atomic E-state index is 9.21. The normalized spacial score (nSPS) is 23.8. The Labute approximate surface area is 109 Å². The van der Waals surface area contributed by atoms with Crippen LogP contribution < -0.4 is 0 Å². The van der Waals surface area contributed by atoms with E-state index in [4.69, 9.17) is 0 Å². The first-order valence-electron chi connectivity index (χ1n) is 6.81. The van der Waals surface area contributed by atoms with E-state index in [0.29, 0.717) is 6.04 Å². The van der Waals surface area contributed by atoms with Crippen molar-refractivity contribution in [1.29, 1.82) is 5.26 Å². The smallest absolute Gasteiger partial charge is 0.0672 e. The Balaban J connectivity index is 1.87. The zero-order valence-electron chi connectivity index (χ0n) is 11.0. The Morgan fingerprint density at radius 2 is 2.22 bits per heavy atom. The Morgan fingerprint density at radius 3 is 2.94 bits per heavy atom. The predicted octanol–water partition coefficient (Wildman–Crippen LogP) is 2.64. The van der Waals surface area contributed by atoms with Gasteiger partial charge in [-0.05, 0) is 32.0 Å². The number of aromatic nitrogens is 1. The molecule has 0 radical (unpaired) electrons. The van der Waals surface area contributed by atoms with Gasteiger partial charge >= 0.3 is 0 Å². The van der Waals surface area contributed by atoms with Crippen molar-refractivity contribution in [2.45, 2.75) is 38.1 Å². The van der Waals surface area contributed by atoms with E-state index in [1.165, 1.54) is 12.8 Å². The van der Waals surface area contributed by atoms with Gasteiger partial charge in [-0.1, -0.05) is 18.9 Å². The lowest BCUT2D eigenvalue weighted by Crippen LogP contribution is -2.40. The fourth-order valence-electron chi connectivity index (χ4n) is 2.79. The van der Waals surface area contributed by atoms with Crippen LogP contribution in [-0.4, -0.2) is 29.5 Å². The molecule has 0 bridgehead atoms. The monoisotopic (exact) mass is 243 g/mol. The molecular weight excluding hydrogens is 222 g/mol. The van der Waals surface area contributed by atoms with Gasteiger partial charge in [0, 0.05) is 30.9 Å². The second kappa shape index (κ2) is 6.51. The number of nitriles is 1. The van der Waals surface area contributed by atoms with Gasteiger partial charge in [0.2, 0.25) is 0 Å². The highest BCUT2D eigenvalue weighted by Crippen LogP contribution is 2.27. The van der Waals surface area contributed by atoms with E-state index < -0.39 is 0 Å². The van der Waals surface area contributed by atoms with Gasteiger partial charge in [-0.3, -0.25) is 4.98 Å². The van der Waals surface area contributed by atoms with Crippen molar-refractivity contribution in [2.24, 2.45) is 5.92 Å². The topological polar surface area (TPSA) is 39.9 Å². The van der Waals surface area contributed by atoms with Crippen LogP contribution in [0.2, 0.25) is 0 Å². The largest absolute Gasteiger partial charge is 0.302 e. The second-order valence-electron chi connectivity index (χ2n) is 5.14. The van der Waals surface area contributed by atoms with Crippen molar-refractivity contribution < 1.29 is 0 Å². The van der Waals surface area contributed by atoms with Gasteiger partial charge < -0.3 is 4.90 Å². The Bertz CT molecular complexity index is 396. The second-order valence-corrected chi connectivity index (χ2v) is 5.14. The summed E-state index contributed by atoms with van der Waals surface area (Å²) in [6.45, 7) is 0.986. The van der Waals surface area contributed by atoms with Gasteiger partial charge in [0.25, 0.3) is 0 Å². The molecule has 1 fully saturated rings. The molecule has 3 heteroatoms. The Kier molecular flexibility index (Phi) is 4.72. The van der Waals surface area contributed by atoms with E-state index in [2.05, 4.69) is 29.1 Å². The first kappa shape index (κ1) is 13.0. The third-order valence-corrected chi connectivity index (χ3v) is 3.91. The Morgan fingerprint density at radius 1 is 1.39 bits per heavy atom. The van der Waals surface area contributed by atoms with Crippen LogP contribution in [0, 0.1) is 17.2 Å². The maximum Gasteiger partial charge on any atom is 0.0672 e. The summed E-state index contributed by atoms with van der Waals surface area (Å²) >= 11 is 0. The molecule has 0 N–H and O–H groups in total. The molecule has 0 aliphatic heterocycles. The molecule has 1 aliphatic rings. The summed E-state index contributed by atoms with van der Waals surface area (Å²) in [5.74, 6) is 0.215. The fourth-order valence-corrected chi connectivity index (χ4v) is 2.79. The average Bonchev–Trinajstić information content (AvgIpc) is 2.45. The van der Waals surface area contributed by atoms with Crippen LogP contribution >= 0.6 is 0 Å². The molecule has 0 spiro atoms. The first-order valence-corrected chi connectivity index (χ1v) is 6.81. The van der Waals surface area contributed by atoms with Crippen LogP contribution in [0.4, 0.5) is 0 Å². The summed E-state index contributed by atoms with van der Waals surface area (Å²) in [5, 5.41) is 9.21. The molecule has 0 amide bonds. The van der Waals surface area contributed by atoms with Crippen LogP contribution in [0.5, 0.6) is 0 Å². The third-order valence-electron chi connectivity index (χ3n) is 3.91. The molecule has 0 saturated heterocycles. The lowest BCUT2D eigenvalue weighted by atomic mass is 9.84.